The van der Waals surface area contributed by atoms with Crippen LogP contribution in [-0.4, -0.2) is 33.9 Å². The van der Waals surface area contributed by atoms with Crippen LogP contribution in [-0.2, 0) is 17.8 Å². The van der Waals surface area contributed by atoms with Crippen LogP contribution in [0.25, 0.3) is 0 Å². The van der Waals surface area contributed by atoms with Gasteiger partial charge in [0.25, 0.3) is 0 Å². The summed E-state index contributed by atoms with van der Waals surface area (Å²) >= 11 is 0. The maximum Gasteiger partial charge on any atom is 0.224 e. The van der Waals surface area contributed by atoms with Crippen molar-refractivity contribution in [3.8, 4) is 0 Å². The highest BCUT2D eigenvalue weighted by atomic mass is 16.1. The van der Waals surface area contributed by atoms with Gasteiger partial charge in [-0.25, -0.2) is 0 Å². The Balaban J connectivity index is 1.61. The average Bonchev–Trinajstić information content (AvgIpc) is 2.64. The molecule has 0 unspecified atom stereocenters. The molecule has 2 aromatic rings. The first kappa shape index (κ1) is 17.5. The van der Waals surface area contributed by atoms with Gasteiger partial charge < -0.3 is 5.73 Å². The fourth-order valence-corrected chi connectivity index (χ4v) is 3.79. The zero-order valence-corrected chi connectivity index (χ0v) is 14.6. The topological polar surface area (TPSA) is 72.1 Å². The molecule has 1 amide bonds. The van der Waals surface area contributed by atoms with Crippen molar-refractivity contribution in [2.24, 2.45) is 11.1 Å². The first-order valence-electron chi connectivity index (χ1n) is 8.99. The molecule has 132 valence electrons. The smallest absolute Gasteiger partial charge is 0.224 e. The molecule has 5 heteroatoms. The van der Waals surface area contributed by atoms with E-state index in [1.165, 1.54) is 5.56 Å². The lowest BCUT2D eigenvalue weighted by Gasteiger charge is -2.41. The number of hydrogen-bond acceptors (Lipinski definition) is 4. The fourth-order valence-electron chi connectivity index (χ4n) is 3.79. The maximum absolute atomic E-state index is 12.3. The molecule has 5 nitrogen and oxygen atoms in total. The third-order valence-corrected chi connectivity index (χ3v) is 5.15. The quantitative estimate of drug-likeness (QED) is 0.842. The van der Waals surface area contributed by atoms with Gasteiger partial charge >= 0.3 is 0 Å². The number of rotatable bonds is 7. The Hall–Kier alpha value is -2.27. The van der Waals surface area contributed by atoms with Crippen LogP contribution < -0.4 is 5.73 Å². The molecule has 0 aromatic carbocycles. The Labute approximate surface area is 149 Å². The monoisotopic (exact) mass is 338 g/mol. The number of nitrogens with two attached hydrogens (primary N) is 1. The number of primary amides is 1. The number of amides is 1. The molecule has 0 saturated carbocycles. The van der Waals surface area contributed by atoms with Crippen molar-refractivity contribution in [1.29, 1.82) is 0 Å². The summed E-state index contributed by atoms with van der Waals surface area (Å²) in [5.41, 5.74) is 7.73. The minimum Gasteiger partial charge on any atom is -0.369 e. The van der Waals surface area contributed by atoms with E-state index in [0.717, 1.165) is 57.4 Å². The molecule has 0 aliphatic carbocycles. The van der Waals surface area contributed by atoms with Crippen molar-refractivity contribution in [2.75, 3.05) is 13.1 Å². The zero-order chi connectivity index (χ0) is 17.5. The van der Waals surface area contributed by atoms with Gasteiger partial charge in [0.2, 0.25) is 5.91 Å². The van der Waals surface area contributed by atoms with E-state index in [2.05, 4.69) is 14.9 Å². The zero-order valence-electron chi connectivity index (χ0n) is 14.6. The van der Waals surface area contributed by atoms with Gasteiger partial charge in [0.1, 0.15) is 0 Å². The summed E-state index contributed by atoms with van der Waals surface area (Å²) in [6, 6.07) is 10.0. The van der Waals surface area contributed by atoms with Gasteiger partial charge in [-0.05, 0) is 68.5 Å². The molecule has 3 rings (SSSR count). The van der Waals surface area contributed by atoms with E-state index in [1.807, 2.05) is 48.9 Å². The van der Waals surface area contributed by atoms with Gasteiger partial charge in [0.05, 0.1) is 5.41 Å². The first-order valence-corrected chi connectivity index (χ1v) is 8.99. The number of aryl methyl sites for hydroxylation is 1. The summed E-state index contributed by atoms with van der Waals surface area (Å²) in [5, 5.41) is 0. The van der Waals surface area contributed by atoms with Gasteiger partial charge in [-0.1, -0.05) is 6.07 Å². The molecule has 0 radical (unpaired) electrons. The molecule has 1 fully saturated rings. The predicted octanol–water partition coefficient (Wildman–Crippen LogP) is 2.57. The van der Waals surface area contributed by atoms with Crippen molar-refractivity contribution >= 4 is 5.91 Å². The maximum atomic E-state index is 12.3. The molecule has 25 heavy (non-hydrogen) atoms. The Kier molecular flexibility index (Phi) is 5.76. The molecule has 0 spiro atoms. The van der Waals surface area contributed by atoms with E-state index in [9.17, 15) is 4.79 Å². The fraction of sp³-hybridized carbons (Fsp3) is 0.450. The van der Waals surface area contributed by atoms with Crippen LogP contribution in [0.4, 0.5) is 0 Å². The largest absolute Gasteiger partial charge is 0.369 e. The molecule has 3 heterocycles. The van der Waals surface area contributed by atoms with Crippen LogP contribution in [0.2, 0.25) is 0 Å². The number of carbonyl (C=O) groups excluding carboxylic acids is 1. The van der Waals surface area contributed by atoms with Crippen molar-refractivity contribution < 1.29 is 4.79 Å². The van der Waals surface area contributed by atoms with Crippen molar-refractivity contribution in [3.63, 3.8) is 0 Å². The molecule has 2 N–H and O–H groups in total. The summed E-state index contributed by atoms with van der Waals surface area (Å²) in [6.07, 6.45) is 9.99. The average molecular weight is 338 g/mol. The molecular weight excluding hydrogens is 312 g/mol. The Morgan fingerprint density at radius 2 is 2.04 bits per heavy atom. The summed E-state index contributed by atoms with van der Waals surface area (Å²) in [6.45, 7) is 2.60. The van der Waals surface area contributed by atoms with Crippen LogP contribution in [0.1, 0.15) is 36.9 Å². The Bertz CT molecular complexity index is 677. The third-order valence-electron chi connectivity index (χ3n) is 5.15. The number of carbonyl (C=O) groups is 1. The van der Waals surface area contributed by atoms with Gasteiger partial charge in [0, 0.05) is 37.4 Å². The van der Waals surface area contributed by atoms with Crippen molar-refractivity contribution in [1.82, 2.24) is 14.9 Å². The molecule has 0 bridgehead atoms. The molecule has 1 aliphatic heterocycles. The second-order valence-electron chi connectivity index (χ2n) is 6.99. The summed E-state index contributed by atoms with van der Waals surface area (Å²) in [7, 11) is 0. The van der Waals surface area contributed by atoms with Crippen LogP contribution in [0.15, 0.2) is 48.9 Å². The van der Waals surface area contributed by atoms with Crippen LogP contribution in [0.5, 0.6) is 0 Å². The number of hydrogen-bond donors (Lipinski definition) is 1. The van der Waals surface area contributed by atoms with E-state index in [0.29, 0.717) is 0 Å². The summed E-state index contributed by atoms with van der Waals surface area (Å²) in [5.74, 6) is -0.159. The first-order chi connectivity index (χ1) is 12.2. The van der Waals surface area contributed by atoms with Crippen LogP contribution >= 0.6 is 0 Å². The van der Waals surface area contributed by atoms with Gasteiger partial charge in [-0.3, -0.25) is 19.7 Å². The van der Waals surface area contributed by atoms with Crippen LogP contribution in [0.3, 0.4) is 0 Å². The minimum atomic E-state index is -0.417. The van der Waals surface area contributed by atoms with E-state index in [4.69, 9.17) is 5.73 Å². The van der Waals surface area contributed by atoms with Crippen LogP contribution in [0, 0.1) is 5.41 Å². The molecule has 1 aliphatic rings. The van der Waals surface area contributed by atoms with E-state index in [1.54, 1.807) is 0 Å². The summed E-state index contributed by atoms with van der Waals surface area (Å²) < 4.78 is 0. The summed E-state index contributed by atoms with van der Waals surface area (Å²) in [4.78, 5) is 23.1. The molecule has 2 aromatic heterocycles. The predicted molar refractivity (Wildman–Crippen MR) is 97.6 cm³/mol. The van der Waals surface area contributed by atoms with E-state index >= 15 is 0 Å². The van der Waals surface area contributed by atoms with E-state index in [-0.39, 0.29) is 5.91 Å². The van der Waals surface area contributed by atoms with Gasteiger partial charge in [0.15, 0.2) is 0 Å². The Morgan fingerprint density at radius 1 is 1.20 bits per heavy atom. The standard InChI is InChI=1S/C20H26N4O/c21-19(25)20(9-3-6-18-5-1-2-11-23-18)10-4-14-24(16-20)15-17-7-12-22-13-8-17/h1-2,5,7-8,11-13H,3-4,6,9-10,14-16H2,(H2,21,25)/t20-/m0/s1. The second kappa shape index (κ2) is 8.21. The number of piperidine rings is 1. The second-order valence-corrected chi connectivity index (χ2v) is 6.99. The normalized spacial score (nSPS) is 21.1. The highest BCUT2D eigenvalue weighted by Gasteiger charge is 2.40. The minimum absolute atomic E-state index is 0.159. The lowest BCUT2D eigenvalue weighted by Crippen LogP contribution is -2.50. The number of nitrogens with zero attached hydrogens (tertiary/aromatic N) is 3. The molecule has 1 saturated heterocycles. The SMILES string of the molecule is NC(=O)[C@@]1(CCCc2ccccn2)CCCN(Cc2ccncc2)C1. The number of pyridine rings is 2. The van der Waals surface area contributed by atoms with Crippen molar-refractivity contribution in [2.45, 2.75) is 38.6 Å². The van der Waals surface area contributed by atoms with Gasteiger partial charge in [-0.15, -0.1) is 0 Å². The van der Waals surface area contributed by atoms with E-state index < -0.39 is 5.41 Å². The van der Waals surface area contributed by atoms with Crippen molar-refractivity contribution in [3.05, 3.63) is 60.2 Å². The number of likely N-dealkylation sites (tertiary alicyclic amines) is 1. The molecule has 1 atom stereocenters. The Morgan fingerprint density at radius 3 is 2.76 bits per heavy atom. The number of aromatic nitrogens is 2. The highest BCUT2D eigenvalue weighted by Crippen LogP contribution is 2.35. The van der Waals surface area contributed by atoms with Gasteiger partial charge in [-0.2, -0.15) is 0 Å². The molecular formula is C20H26N4O. The lowest BCUT2D eigenvalue weighted by atomic mass is 9.75. The third kappa shape index (κ3) is 4.63. The highest BCUT2D eigenvalue weighted by molar-refractivity contribution is 5.81. The lowest BCUT2D eigenvalue weighted by molar-refractivity contribution is -0.131.